The van der Waals surface area contributed by atoms with Crippen molar-refractivity contribution in [3.05, 3.63) is 35.9 Å². The van der Waals surface area contributed by atoms with Crippen LogP contribution in [0.4, 0.5) is 4.79 Å². The molecule has 2 atom stereocenters. The van der Waals surface area contributed by atoms with Gasteiger partial charge in [-0.1, -0.05) is 71.9 Å². The standard InChI is InChI=1S/C22H36N2O4/c1-21(2,3)12-17(14-23-18(19(25)26)13-22(4,5)6)24-20(27)28-15-16-10-8-7-9-11-16/h7-11,17-18,23H,12-15H2,1-6H3,(H,24,27)(H,25,26)/t17-,18-/m0/s1. The minimum Gasteiger partial charge on any atom is -0.480 e. The van der Waals surface area contributed by atoms with E-state index >= 15 is 0 Å². The van der Waals surface area contributed by atoms with E-state index in [1.807, 2.05) is 51.1 Å². The number of benzene rings is 1. The first-order valence-electron chi connectivity index (χ1n) is 9.79. The maximum Gasteiger partial charge on any atom is 0.407 e. The number of carboxylic acids is 1. The van der Waals surface area contributed by atoms with Crippen LogP contribution in [-0.2, 0) is 16.1 Å². The van der Waals surface area contributed by atoms with Gasteiger partial charge in [-0.2, -0.15) is 0 Å². The zero-order valence-corrected chi connectivity index (χ0v) is 18.0. The molecular weight excluding hydrogens is 356 g/mol. The quantitative estimate of drug-likeness (QED) is 0.586. The predicted molar refractivity (Wildman–Crippen MR) is 111 cm³/mol. The molecule has 1 amide bonds. The Bertz CT molecular complexity index is 618. The van der Waals surface area contributed by atoms with Gasteiger partial charge in [0.25, 0.3) is 0 Å². The van der Waals surface area contributed by atoms with E-state index in [0.29, 0.717) is 19.4 Å². The van der Waals surface area contributed by atoms with Crippen LogP contribution in [0.3, 0.4) is 0 Å². The van der Waals surface area contributed by atoms with Crippen LogP contribution >= 0.6 is 0 Å². The maximum atomic E-state index is 12.2. The first-order chi connectivity index (χ1) is 12.9. The summed E-state index contributed by atoms with van der Waals surface area (Å²) in [6.07, 6.45) is 0.702. The number of alkyl carbamates (subject to hydrolysis) is 1. The van der Waals surface area contributed by atoms with Crippen molar-refractivity contribution in [3.63, 3.8) is 0 Å². The van der Waals surface area contributed by atoms with E-state index in [1.54, 1.807) is 0 Å². The lowest BCUT2D eigenvalue weighted by Crippen LogP contribution is -2.49. The normalized spacial score (nSPS) is 14.2. The zero-order chi connectivity index (χ0) is 21.4. The molecule has 0 heterocycles. The average molecular weight is 393 g/mol. The molecule has 0 aliphatic carbocycles. The number of carboxylic acid groups (broad SMARTS) is 1. The van der Waals surface area contributed by atoms with Gasteiger partial charge in [0.05, 0.1) is 0 Å². The van der Waals surface area contributed by atoms with E-state index in [4.69, 9.17) is 4.74 Å². The van der Waals surface area contributed by atoms with Gasteiger partial charge in [-0.15, -0.1) is 0 Å². The van der Waals surface area contributed by atoms with Gasteiger partial charge in [-0.3, -0.25) is 4.79 Å². The lowest BCUT2D eigenvalue weighted by atomic mass is 9.86. The number of hydrogen-bond donors (Lipinski definition) is 3. The Morgan fingerprint density at radius 3 is 2.07 bits per heavy atom. The Morgan fingerprint density at radius 1 is 1.00 bits per heavy atom. The molecule has 0 saturated carbocycles. The van der Waals surface area contributed by atoms with Gasteiger partial charge in [0.15, 0.2) is 0 Å². The third-order valence-electron chi connectivity index (χ3n) is 4.12. The van der Waals surface area contributed by atoms with Crippen molar-refractivity contribution in [2.24, 2.45) is 10.8 Å². The highest BCUT2D eigenvalue weighted by molar-refractivity contribution is 5.73. The second kappa shape index (κ2) is 10.5. The topological polar surface area (TPSA) is 87.7 Å². The third kappa shape index (κ3) is 10.9. The first kappa shape index (κ1) is 24.0. The number of rotatable bonds is 9. The molecule has 6 nitrogen and oxygen atoms in total. The molecule has 0 aliphatic rings. The molecular formula is C22H36N2O4. The molecule has 0 spiro atoms. The molecule has 6 heteroatoms. The molecule has 158 valence electrons. The molecule has 28 heavy (non-hydrogen) atoms. The highest BCUT2D eigenvalue weighted by Gasteiger charge is 2.27. The molecule has 1 aromatic rings. The monoisotopic (exact) mass is 392 g/mol. The van der Waals surface area contributed by atoms with E-state index in [0.717, 1.165) is 5.56 Å². The van der Waals surface area contributed by atoms with E-state index in [2.05, 4.69) is 31.4 Å². The molecule has 1 aromatic carbocycles. The summed E-state index contributed by atoms with van der Waals surface area (Å²) in [5.74, 6) is -0.879. The summed E-state index contributed by atoms with van der Waals surface area (Å²) < 4.78 is 5.31. The number of ether oxygens (including phenoxy) is 1. The van der Waals surface area contributed by atoms with Crippen LogP contribution < -0.4 is 10.6 Å². The minimum absolute atomic E-state index is 0.0260. The molecule has 0 unspecified atom stereocenters. The van der Waals surface area contributed by atoms with Crippen LogP contribution in [0, 0.1) is 10.8 Å². The van der Waals surface area contributed by atoms with Crippen molar-refractivity contribution in [3.8, 4) is 0 Å². The molecule has 0 saturated heterocycles. The summed E-state index contributed by atoms with van der Waals surface area (Å²) in [6, 6.07) is 8.59. The number of carbonyl (C=O) groups is 2. The zero-order valence-electron chi connectivity index (χ0n) is 18.0. The second-order valence-electron chi connectivity index (χ2n) is 9.73. The van der Waals surface area contributed by atoms with Crippen molar-refractivity contribution in [1.82, 2.24) is 10.6 Å². The van der Waals surface area contributed by atoms with Crippen molar-refractivity contribution in [1.29, 1.82) is 0 Å². The summed E-state index contributed by atoms with van der Waals surface area (Å²) >= 11 is 0. The van der Waals surface area contributed by atoms with Crippen molar-refractivity contribution < 1.29 is 19.4 Å². The van der Waals surface area contributed by atoms with Crippen LogP contribution in [0.15, 0.2) is 30.3 Å². The average Bonchev–Trinajstić information content (AvgIpc) is 2.55. The molecule has 0 aliphatic heterocycles. The number of hydrogen-bond acceptors (Lipinski definition) is 4. The van der Waals surface area contributed by atoms with Gasteiger partial charge in [-0.05, 0) is 29.2 Å². The summed E-state index contributed by atoms with van der Waals surface area (Å²) in [4.78, 5) is 23.8. The molecule has 0 radical (unpaired) electrons. The highest BCUT2D eigenvalue weighted by Crippen LogP contribution is 2.23. The van der Waals surface area contributed by atoms with E-state index in [9.17, 15) is 14.7 Å². The molecule has 0 fully saturated rings. The van der Waals surface area contributed by atoms with E-state index in [-0.39, 0.29) is 23.5 Å². The van der Waals surface area contributed by atoms with Crippen LogP contribution in [0.25, 0.3) is 0 Å². The largest absolute Gasteiger partial charge is 0.480 e. The van der Waals surface area contributed by atoms with Gasteiger partial charge >= 0.3 is 12.1 Å². The molecule has 1 rings (SSSR count). The Morgan fingerprint density at radius 2 is 1.57 bits per heavy atom. The van der Waals surface area contributed by atoms with Crippen molar-refractivity contribution in [2.75, 3.05) is 6.54 Å². The van der Waals surface area contributed by atoms with Gasteiger partial charge in [0.2, 0.25) is 0 Å². The van der Waals surface area contributed by atoms with Crippen LogP contribution in [0.2, 0.25) is 0 Å². The Hall–Kier alpha value is -2.08. The summed E-state index contributed by atoms with van der Waals surface area (Å²) in [6.45, 7) is 12.8. The number of aliphatic carboxylic acids is 1. The van der Waals surface area contributed by atoms with Gasteiger partial charge in [-0.25, -0.2) is 4.79 Å². The third-order valence-corrected chi connectivity index (χ3v) is 4.12. The van der Waals surface area contributed by atoms with Gasteiger partial charge < -0.3 is 20.5 Å². The summed E-state index contributed by atoms with van der Waals surface area (Å²) in [7, 11) is 0. The van der Waals surface area contributed by atoms with Gasteiger partial charge in [0, 0.05) is 12.6 Å². The summed E-state index contributed by atoms with van der Waals surface area (Å²) in [5.41, 5.74) is 0.777. The Kier molecular flexibility index (Phi) is 8.95. The Labute approximate surface area is 169 Å². The maximum absolute atomic E-state index is 12.2. The van der Waals surface area contributed by atoms with Crippen LogP contribution in [0.1, 0.15) is 59.9 Å². The first-order valence-corrected chi connectivity index (χ1v) is 9.79. The number of nitrogens with one attached hydrogen (secondary N) is 2. The van der Waals surface area contributed by atoms with E-state index in [1.165, 1.54) is 0 Å². The molecule has 3 N–H and O–H groups in total. The highest BCUT2D eigenvalue weighted by atomic mass is 16.5. The smallest absolute Gasteiger partial charge is 0.407 e. The lowest BCUT2D eigenvalue weighted by molar-refractivity contribution is -0.140. The number of carbonyl (C=O) groups excluding carboxylic acids is 1. The predicted octanol–water partition coefficient (Wildman–Crippen LogP) is 4.20. The summed E-state index contributed by atoms with van der Waals surface area (Å²) in [5, 5.41) is 15.5. The fraction of sp³-hybridized carbons (Fsp3) is 0.636. The Balaban J connectivity index is 2.66. The fourth-order valence-electron chi connectivity index (χ4n) is 2.99. The van der Waals surface area contributed by atoms with Crippen LogP contribution in [0.5, 0.6) is 0 Å². The van der Waals surface area contributed by atoms with Crippen molar-refractivity contribution in [2.45, 2.75) is 73.1 Å². The SMILES string of the molecule is CC(C)(C)C[C@@H](CN[C@@H](CC(C)(C)C)C(=O)O)NC(=O)OCc1ccccc1. The molecule has 0 bridgehead atoms. The minimum atomic E-state index is -0.879. The molecule has 0 aromatic heterocycles. The lowest BCUT2D eigenvalue weighted by Gasteiger charge is -2.29. The van der Waals surface area contributed by atoms with E-state index < -0.39 is 18.1 Å². The second-order valence-corrected chi connectivity index (χ2v) is 9.73. The fourth-order valence-corrected chi connectivity index (χ4v) is 2.99. The van der Waals surface area contributed by atoms with Crippen LogP contribution in [-0.4, -0.2) is 35.8 Å². The number of amides is 1. The van der Waals surface area contributed by atoms with Gasteiger partial charge in [0.1, 0.15) is 12.6 Å². The van der Waals surface area contributed by atoms with Crippen molar-refractivity contribution >= 4 is 12.1 Å².